The van der Waals surface area contributed by atoms with Gasteiger partial charge in [-0.3, -0.25) is 4.90 Å². The molecular formula is C14H22N2O. The number of aryl methyl sites for hydroxylation is 1. The second-order valence-corrected chi connectivity index (χ2v) is 4.77. The summed E-state index contributed by atoms with van der Waals surface area (Å²) in [6.07, 6.45) is 1.04. The highest BCUT2D eigenvalue weighted by Gasteiger charge is 2.22. The molecule has 1 saturated heterocycles. The van der Waals surface area contributed by atoms with Crippen molar-refractivity contribution in [3.8, 4) is 5.75 Å². The highest BCUT2D eigenvalue weighted by molar-refractivity contribution is 5.38. The molecule has 1 atom stereocenters. The van der Waals surface area contributed by atoms with Crippen LogP contribution in [0.1, 0.15) is 30.5 Å². The van der Waals surface area contributed by atoms with Crippen molar-refractivity contribution in [1.29, 1.82) is 0 Å². The molecule has 0 amide bonds. The van der Waals surface area contributed by atoms with Gasteiger partial charge < -0.3 is 10.4 Å². The monoisotopic (exact) mass is 234 g/mol. The van der Waals surface area contributed by atoms with Gasteiger partial charge in [-0.25, -0.2) is 0 Å². The lowest BCUT2D eigenvalue weighted by Gasteiger charge is -2.35. The average molecular weight is 234 g/mol. The largest absolute Gasteiger partial charge is 0.508 e. The van der Waals surface area contributed by atoms with Crippen LogP contribution >= 0.6 is 0 Å². The van der Waals surface area contributed by atoms with Gasteiger partial charge >= 0.3 is 0 Å². The van der Waals surface area contributed by atoms with E-state index in [0.29, 0.717) is 11.8 Å². The average Bonchev–Trinajstić information content (AvgIpc) is 2.36. The third-order valence-corrected chi connectivity index (χ3v) is 3.52. The summed E-state index contributed by atoms with van der Waals surface area (Å²) in [5, 5.41) is 13.4. The maximum atomic E-state index is 10.0. The summed E-state index contributed by atoms with van der Waals surface area (Å²) in [6, 6.07) is 6.24. The number of phenols is 1. The Hall–Kier alpha value is -1.06. The van der Waals surface area contributed by atoms with E-state index in [4.69, 9.17) is 0 Å². The van der Waals surface area contributed by atoms with Crippen LogP contribution in [0.25, 0.3) is 0 Å². The van der Waals surface area contributed by atoms with Crippen molar-refractivity contribution in [2.45, 2.75) is 26.3 Å². The smallest absolute Gasteiger partial charge is 0.120 e. The quantitative estimate of drug-likeness (QED) is 0.840. The zero-order valence-electron chi connectivity index (χ0n) is 10.7. The van der Waals surface area contributed by atoms with Crippen molar-refractivity contribution >= 4 is 0 Å². The minimum absolute atomic E-state index is 0.344. The first-order chi connectivity index (χ1) is 8.22. The van der Waals surface area contributed by atoms with E-state index >= 15 is 0 Å². The molecule has 1 aromatic rings. The molecule has 0 aliphatic carbocycles. The van der Waals surface area contributed by atoms with Crippen LogP contribution in [-0.2, 0) is 0 Å². The molecule has 0 spiro atoms. The van der Waals surface area contributed by atoms with E-state index in [0.717, 1.165) is 38.2 Å². The molecular weight excluding hydrogens is 212 g/mol. The normalized spacial score (nSPS) is 19.2. The molecule has 94 valence electrons. The molecule has 17 heavy (non-hydrogen) atoms. The zero-order valence-corrected chi connectivity index (χ0v) is 10.7. The summed E-state index contributed by atoms with van der Waals surface area (Å²) < 4.78 is 0. The summed E-state index contributed by atoms with van der Waals surface area (Å²) in [7, 11) is 0. The lowest BCUT2D eigenvalue weighted by molar-refractivity contribution is 0.167. The molecule has 1 heterocycles. The summed E-state index contributed by atoms with van der Waals surface area (Å²) in [6.45, 7) is 8.48. The molecule has 0 radical (unpaired) electrons. The van der Waals surface area contributed by atoms with Crippen molar-refractivity contribution in [2.75, 3.05) is 26.2 Å². The van der Waals surface area contributed by atoms with E-state index in [1.54, 1.807) is 0 Å². The highest BCUT2D eigenvalue weighted by Crippen LogP contribution is 2.31. The lowest BCUT2D eigenvalue weighted by atomic mass is 9.99. The molecule has 1 aromatic carbocycles. The Morgan fingerprint density at radius 1 is 1.35 bits per heavy atom. The predicted octanol–water partition coefficient (Wildman–Crippen LogP) is 2.06. The molecule has 0 saturated carbocycles. The number of piperazine rings is 1. The predicted molar refractivity (Wildman–Crippen MR) is 70.3 cm³/mol. The number of nitrogens with zero attached hydrogens (tertiary/aromatic N) is 1. The van der Waals surface area contributed by atoms with Crippen LogP contribution in [0.5, 0.6) is 5.75 Å². The molecule has 1 fully saturated rings. The SMILES string of the molecule is CC[C@@H](c1cc(C)ccc1O)N1CCNCC1. The fraction of sp³-hybridized carbons (Fsp3) is 0.571. The highest BCUT2D eigenvalue weighted by atomic mass is 16.3. The standard InChI is InChI=1S/C14H22N2O/c1-3-13(16-8-6-15-7-9-16)12-10-11(2)4-5-14(12)17/h4-5,10,13,15,17H,3,6-9H2,1-2H3/t13-/m0/s1. The number of benzene rings is 1. The van der Waals surface area contributed by atoms with Crippen molar-refractivity contribution in [2.24, 2.45) is 0 Å². The van der Waals surface area contributed by atoms with E-state index in [1.165, 1.54) is 5.56 Å². The van der Waals surface area contributed by atoms with Gasteiger partial charge in [-0.05, 0) is 19.4 Å². The Labute approximate surface area is 103 Å². The van der Waals surface area contributed by atoms with Crippen molar-refractivity contribution in [1.82, 2.24) is 10.2 Å². The van der Waals surface area contributed by atoms with Gasteiger partial charge in [0.2, 0.25) is 0 Å². The van der Waals surface area contributed by atoms with Gasteiger partial charge in [0.1, 0.15) is 5.75 Å². The van der Waals surface area contributed by atoms with Crippen LogP contribution in [0.2, 0.25) is 0 Å². The minimum Gasteiger partial charge on any atom is -0.508 e. The van der Waals surface area contributed by atoms with Gasteiger partial charge in [-0.15, -0.1) is 0 Å². The maximum absolute atomic E-state index is 10.0. The Balaban J connectivity index is 2.24. The maximum Gasteiger partial charge on any atom is 0.120 e. The molecule has 2 N–H and O–H groups in total. The van der Waals surface area contributed by atoms with E-state index in [2.05, 4.69) is 30.1 Å². The van der Waals surface area contributed by atoms with Gasteiger partial charge in [0.25, 0.3) is 0 Å². The number of aromatic hydroxyl groups is 1. The van der Waals surface area contributed by atoms with Crippen molar-refractivity contribution in [3.05, 3.63) is 29.3 Å². The van der Waals surface area contributed by atoms with Crippen LogP contribution in [0.15, 0.2) is 18.2 Å². The Kier molecular flexibility index (Phi) is 4.02. The summed E-state index contributed by atoms with van der Waals surface area (Å²) in [5.41, 5.74) is 2.29. The number of hydrogen-bond acceptors (Lipinski definition) is 3. The molecule has 3 heteroatoms. The number of nitrogens with one attached hydrogen (secondary N) is 1. The van der Waals surface area contributed by atoms with Gasteiger partial charge in [-0.2, -0.15) is 0 Å². The first kappa shape index (κ1) is 12.4. The van der Waals surface area contributed by atoms with Crippen LogP contribution in [-0.4, -0.2) is 36.2 Å². The van der Waals surface area contributed by atoms with E-state index in [-0.39, 0.29) is 0 Å². The molecule has 0 bridgehead atoms. The zero-order chi connectivity index (χ0) is 12.3. The molecule has 2 rings (SSSR count). The van der Waals surface area contributed by atoms with Crippen LogP contribution in [0.4, 0.5) is 0 Å². The Morgan fingerprint density at radius 2 is 2.06 bits per heavy atom. The third-order valence-electron chi connectivity index (χ3n) is 3.52. The van der Waals surface area contributed by atoms with Gasteiger partial charge in [0.05, 0.1) is 0 Å². The molecule has 1 aliphatic heterocycles. The summed E-state index contributed by atoms with van der Waals surface area (Å²) in [5.74, 6) is 0.431. The Morgan fingerprint density at radius 3 is 2.71 bits per heavy atom. The number of phenolic OH excluding ortho intramolecular Hbond substituents is 1. The first-order valence-electron chi connectivity index (χ1n) is 6.46. The number of hydrogen-bond donors (Lipinski definition) is 2. The van der Waals surface area contributed by atoms with Crippen molar-refractivity contribution in [3.63, 3.8) is 0 Å². The van der Waals surface area contributed by atoms with Crippen LogP contribution in [0.3, 0.4) is 0 Å². The molecule has 0 unspecified atom stereocenters. The molecule has 3 nitrogen and oxygen atoms in total. The lowest BCUT2D eigenvalue weighted by Crippen LogP contribution is -2.45. The van der Waals surface area contributed by atoms with Crippen LogP contribution < -0.4 is 5.32 Å². The third kappa shape index (κ3) is 2.79. The second-order valence-electron chi connectivity index (χ2n) is 4.77. The van der Waals surface area contributed by atoms with Gasteiger partial charge in [0, 0.05) is 37.8 Å². The molecule has 0 aromatic heterocycles. The fourth-order valence-electron chi connectivity index (χ4n) is 2.61. The summed E-state index contributed by atoms with van der Waals surface area (Å²) >= 11 is 0. The van der Waals surface area contributed by atoms with Crippen LogP contribution in [0, 0.1) is 6.92 Å². The van der Waals surface area contributed by atoms with E-state index in [9.17, 15) is 5.11 Å². The van der Waals surface area contributed by atoms with E-state index < -0.39 is 0 Å². The Bertz CT molecular complexity index is 372. The fourth-order valence-corrected chi connectivity index (χ4v) is 2.61. The number of rotatable bonds is 3. The summed E-state index contributed by atoms with van der Waals surface area (Å²) in [4.78, 5) is 2.46. The topological polar surface area (TPSA) is 35.5 Å². The van der Waals surface area contributed by atoms with E-state index in [1.807, 2.05) is 12.1 Å². The first-order valence-corrected chi connectivity index (χ1v) is 6.46. The molecule has 1 aliphatic rings. The van der Waals surface area contributed by atoms with Gasteiger partial charge in [0.15, 0.2) is 0 Å². The second kappa shape index (κ2) is 5.52. The minimum atomic E-state index is 0.344. The van der Waals surface area contributed by atoms with Gasteiger partial charge in [-0.1, -0.05) is 24.6 Å². The van der Waals surface area contributed by atoms with Crippen molar-refractivity contribution < 1.29 is 5.11 Å².